The number of hydrogen-bond donors (Lipinski definition) is 3. The summed E-state index contributed by atoms with van der Waals surface area (Å²) >= 11 is 0. The summed E-state index contributed by atoms with van der Waals surface area (Å²) in [4.78, 5) is 12.3. The van der Waals surface area contributed by atoms with E-state index >= 15 is 0 Å². The van der Waals surface area contributed by atoms with Gasteiger partial charge in [-0.15, -0.1) is 0 Å². The van der Waals surface area contributed by atoms with Crippen molar-refractivity contribution in [2.45, 2.75) is 131 Å². The molecule has 5 atom stereocenters. The molecule has 0 aliphatic heterocycles. The van der Waals surface area contributed by atoms with Crippen LogP contribution in [-0.4, -0.2) is 30.3 Å². The lowest BCUT2D eigenvalue weighted by molar-refractivity contribution is -0.149. The SMILES string of the molecule is CCCCCCCCCNC(=O)NCCC1=C(C)CCC2C1CCC1C(C)(C)[C@@H](O)CC[C@]21C. The average Bonchev–Trinajstić information content (AvgIpc) is 2.79. The van der Waals surface area contributed by atoms with Crippen molar-refractivity contribution in [3.8, 4) is 0 Å². The van der Waals surface area contributed by atoms with Crippen LogP contribution in [0.1, 0.15) is 125 Å². The third kappa shape index (κ3) is 6.20. The van der Waals surface area contributed by atoms with Gasteiger partial charge in [0.1, 0.15) is 0 Å². The highest BCUT2D eigenvalue weighted by Crippen LogP contribution is 2.64. The molecule has 0 radical (unpaired) electrons. The molecule has 3 unspecified atom stereocenters. The van der Waals surface area contributed by atoms with E-state index in [0.29, 0.717) is 17.3 Å². The highest BCUT2D eigenvalue weighted by molar-refractivity contribution is 5.73. The monoisotopic (exact) mass is 474 g/mol. The van der Waals surface area contributed by atoms with Gasteiger partial charge in [-0.2, -0.15) is 0 Å². The molecule has 0 aromatic rings. The van der Waals surface area contributed by atoms with Crippen molar-refractivity contribution in [2.75, 3.05) is 13.1 Å². The number of rotatable bonds is 11. The Balaban J connectivity index is 1.45. The lowest BCUT2D eigenvalue weighted by Crippen LogP contribution is -2.57. The summed E-state index contributed by atoms with van der Waals surface area (Å²) in [6.45, 7) is 13.3. The maximum absolute atomic E-state index is 12.3. The van der Waals surface area contributed by atoms with Crippen LogP contribution >= 0.6 is 0 Å². The molecule has 3 rings (SSSR count). The molecule has 2 amide bonds. The van der Waals surface area contributed by atoms with E-state index in [1.165, 1.54) is 64.2 Å². The highest BCUT2D eigenvalue weighted by atomic mass is 16.3. The molecule has 34 heavy (non-hydrogen) atoms. The molecular formula is C30H54N2O2. The number of fused-ring (bicyclic) bond motifs is 3. The normalized spacial score (nSPS) is 32.6. The number of aliphatic hydroxyl groups excluding tert-OH is 1. The van der Waals surface area contributed by atoms with E-state index in [2.05, 4.69) is 45.3 Å². The third-order valence-corrected chi connectivity index (χ3v) is 10.2. The van der Waals surface area contributed by atoms with Gasteiger partial charge in [-0.25, -0.2) is 4.79 Å². The quantitative estimate of drug-likeness (QED) is 0.216. The Bertz CT molecular complexity index is 700. The Kier molecular flexibility index (Phi) is 9.95. The van der Waals surface area contributed by atoms with E-state index in [1.54, 1.807) is 11.1 Å². The van der Waals surface area contributed by atoms with Gasteiger partial charge in [-0.3, -0.25) is 0 Å². The summed E-state index contributed by atoms with van der Waals surface area (Å²) in [5.41, 5.74) is 3.55. The second-order valence-corrected chi connectivity index (χ2v) is 12.6. The van der Waals surface area contributed by atoms with E-state index in [4.69, 9.17) is 0 Å². The van der Waals surface area contributed by atoms with Gasteiger partial charge < -0.3 is 15.7 Å². The fourth-order valence-corrected chi connectivity index (χ4v) is 8.08. The first kappa shape index (κ1) is 27.6. The zero-order chi connectivity index (χ0) is 24.8. The first-order valence-corrected chi connectivity index (χ1v) is 14.6. The lowest BCUT2D eigenvalue weighted by atomic mass is 9.43. The zero-order valence-electron chi connectivity index (χ0n) is 23.0. The highest BCUT2D eigenvalue weighted by Gasteiger charge is 2.58. The molecule has 196 valence electrons. The van der Waals surface area contributed by atoms with Crippen LogP contribution < -0.4 is 10.6 Å². The lowest BCUT2D eigenvalue weighted by Gasteiger charge is -2.62. The summed E-state index contributed by atoms with van der Waals surface area (Å²) in [7, 11) is 0. The maximum atomic E-state index is 12.3. The number of allylic oxidation sites excluding steroid dienone is 1. The van der Waals surface area contributed by atoms with Gasteiger partial charge in [-0.1, -0.05) is 77.4 Å². The molecule has 3 aliphatic carbocycles. The van der Waals surface area contributed by atoms with Crippen molar-refractivity contribution < 1.29 is 9.90 Å². The standard InChI is InChI=1S/C30H54N2O2/c1-6-7-8-9-10-11-12-20-31-28(34)32-21-18-23-22(2)13-15-25-24(23)14-16-26-29(3,4)27(33)17-19-30(25,26)5/h24-27,33H,6-21H2,1-5H3,(H2,31,32,34)/t24?,25?,26?,27-,30+/m0/s1. The van der Waals surface area contributed by atoms with Crippen LogP contribution in [0, 0.1) is 28.6 Å². The van der Waals surface area contributed by atoms with Crippen LogP contribution in [0.25, 0.3) is 0 Å². The minimum atomic E-state index is -0.161. The zero-order valence-corrected chi connectivity index (χ0v) is 23.0. The van der Waals surface area contributed by atoms with E-state index in [1.807, 2.05) is 0 Å². The molecule has 3 aliphatic rings. The van der Waals surface area contributed by atoms with E-state index in [9.17, 15) is 9.90 Å². The summed E-state index contributed by atoms with van der Waals surface area (Å²) < 4.78 is 0. The van der Waals surface area contributed by atoms with Crippen LogP contribution in [-0.2, 0) is 0 Å². The number of carbonyl (C=O) groups excluding carboxylic acids is 1. The summed E-state index contributed by atoms with van der Waals surface area (Å²) in [5.74, 6) is 2.00. The van der Waals surface area contributed by atoms with Crippen molar-refractivity contribution in [3.63, 3.8) is 0 Å². The second-order valence-electron chi connectivity index (χ2n) is 12.6. The Morgan fingerprint density at radius 3 is 2.35 bits per heavy atom. The fraction of sp³-hybridized carbons (Fsp3) is 0.900. The average molecular weight is 475 g/mol. The second kappa shape index (κ2) is 12.3. The number of nitrogens with one attached hydrogen (secondary N) is 2. The molecule has 0 aromatic heterocycles. The molecule has 3 N–H and O–H groups in total. The minimum absolute atomic E-state index is 0.00437. The van der Waals surface area contributed by atoms with Crippen molar-refractivity contribution in [1.82, 2.24) is 10.6 Å². The van der Waals surface area contributed by atoms with Crippen LogP contribution in [0.15, 0.2) is 11.1 Å². The van der Waals surface area contributed by atoms with Crippen LogP contribution in [0.2, 0.25) is 0 Å². The predicted molar refractivity (Wildman–Crippen MR) is 143 cm³/mol. The van der Waals surface area contributed by atoms with Crippen LogP contribution in [0.5, 0.6) is 0 Å². The van der Waals surface area contributed by atoms with E-state index < -0.39 is 0 Å². The molecule has 0 saturated heterocycles. The van der Waals surface area contributed by atoms with Crippen molar-refractivity contribution in [1.29, 1.82) is 0 Å². The molecule has 0 spiro atoms. The molecule has 4 nitrogen and oxygen atoms in total. The molecule has 4 heteroatoms. The third-order valence-electron chi connectivity index (χ3n) is 10.2. The number of carbonyl (C=O) groups is 1. The number of urea groups is 1. The fourth-order valence-electron chi connectivity index (χ4n) is 8.08. The van der Waals surface area contributed by atoms with Gasteiger partial charge in [0.15, 0.2) is 0 Å². The molecule has 0 heterocycles. The van der Waals surface area contributed by atoms with Gasteiger partial charge in [0.25, 0.3) is 0 Å². The minimum Gasteiger partial charge on any atom is -0.393 e. The van der Waals surface area contributed by atoms with Gasteiger partial charge in [0.2, 0.25) is 0 Å². The Morgan fingerprint density at radius 2 is 1.62 bits per heavy atom. The summed E-state index contributed by atoms with van der Waals surface area (Å²) in [6.07, 6.45) is 16.8. The largest absolute Gasteiger partial charge is 0.393 e. The molecule has 2 saturated carbocycles. The van der Waals surface area contributed by atoms with Crippen molar-refractivity contribution in [2.24, 2.45) is 28.6 Å². The Hall–Kier alpha value is -1.03. The maximum Gasteiger partial charge on any atom is 0.314 e. The van der Waals surface area contributed by atoms with Crippen molar-refractivity contribution in [3.05, 3.63) is 11.1 Å². The van der Waals surface area contributed by atoms with Gasteiger partial charge in [0, 0.05) is 13.1 Å². The first-order valence-electron chi connectivity index (χ1n) is 14.6. The Labute approximate surface area is 210 Å². The molecule has 2 fully saturated rings. The topological polar surface area (TPSA) is 61.4 Å². The van der Waals surface area contributed by atoms with Gasteiger partial charge in [0.05, 0.1) is 6.10 Å². The van der Waals surface area contributed by atoms with E-state index in [0.717, 1.165) is 44.7 Å². The molecular weight excluding hydrogens is 420 g/mol. The number of unbranched alkanes of at least 4 members (excludes halogenated alkanes) is 6. The van der Waals surface area contributed by atoms with Crippen LogP contribution in [0.4, 0.5) is 4.79 Å². The van der Waals surface area contributed by atoms with Crippen molar-refractivity contribution >= 4 is 6.03 Å². The number of amides is 2. The van der Waals surface area contributed by atoms with Gasteiger partial charge >= 0.3 is 6.03 Å². The predicted octanol–water partition coefficient (Wildman–Crippen LogP) is 7.37. The van der Waals surface area contributed by atoms with Gasteiger partial charge in [-0.05, 0) is 86.9 Å². The summed E-state index contributed by atoms with van der Waals surface area (Å²) in [5, 5.41) is 16.9. The first-order chi connectivity index (χ1) is 16.2. The van der Waals surface area contributed by atoms with E-state index in [-0.39, 0.29) is 17.6 Å². The molecule has 0 aromatic carbocycles. The number of hydrogen-bond acceptors (Lipinski definition) is 2. The molecule has 0 bridgehead atoms. The summed E-state index contributed by atoms with van der Waals surface area (Å²) in [6, 6.07) is -0.00437. The smallest absolute Gasteiger partial charge is 0.314 e. The number of aliphatic hydroxyl groups is 1. The van der Waals surface area contributed by atoms with Crippen LogP contribution in [0.3, 0.4) is 0 Å². The Morgan fingerprint density at radius 1 is 0.941 bits per heavy atom.